The molecule has 0 bridgehead atoms. The number of alkyl halides is 3. The zero-order chi connectivity index (χ0) is 20.6. The number of benzene rings is 2. The molecule has 29 heavy (non-hydrogen) atoms. The van der Waals surface area contributed by atoms with Gasteiger partial charge in [-0.2, -0.15) is 13.2 Å². The van der Waals surface area contributed by atoms with Crippen LogP contribution in [0.25, 0.3) is 0 Å². The second kappa shape index (κ2) is 7.97. The predicted octanol–water partition coefficient (Wildman–Crippen LogP) is 7.19. The molecule has 0 amide bonds. The number of hydrogen-bond acceptors (Lipinski definition) is 0. The van der Waals surface area contributed by atoms with Crippen LogP contribution in [0, 0.1) is 11.7 Å². The Balaban J connectivity index is 1.53. The fourth-order valence-corrected chi connectivity index (χ4v) is 5.14. The van der Waals surface area contributed by atoms with Gasteiger partial charge in [-0.25, -0.2) is 4.39 Å². The van der Waals surface area contributed by atoms with Crippen molar-refractivity contribution in [1.29, 1.82) is 0 Å². The van der Waals surface area contributed by atoms with Crippen LogP contribution in [0.4, 0.5) is 17.6 Å². The fourth-order valence-electron chi connectivity index (χ4n) is 5.14. The number of halogens is 4. The van der Waals surface area contributed by atoms with Crippen molar-refractivity contribution in [2.75, 3.05) is 0 Å². The summed E-state index contributed by atoms with van der Waals surface area (Å²) in [5.74, 6) is -0.372. The van der Waals surface area contributed by atoms with E-state index in [-0.39, 0.29) is 5.92 Å². The highest BCUT2D eigenvalue weighted by Crippen LogP contribution is 2.40. The van der Waals surface area contributed by atoms with E-state index in [1.807, 2.05) is 6.08 Å². The minimum absolute atomic E-state index is 0.0706. The second-order valence-electron chi connectivity index (χ2n) is 8.49. The van der Waals surface area contributed by atoms with E-state index in [1.165, 1.54) is 41.2 Å². The van der Waals surface area contributed by atoms with Crippen LogP contribution in [0.3, 0.4) is 0 Å². The van der Waals surface area contributed by atoms with Gasteiger partial charge in [-0.05, 0) is 103 Å². The molecule has 0 fully saturated rings. The van der Waals surface area contributed by atoms with Gasteiger partial charge in [-0.15, -0.1) is 6.58 Å². The Bertz CT molecular complexity index is 910. The highest BCUT2D eigenvalue weighted by molar-refractivity contribution is 5.45. The maximum absolute atomic E-state index is 14.0. The van der Waals surface area contributed by atoms with Gasteiger partial charge in [0, 0.05) is 0 Å². The molecule has 0 heterocycles. The Morgan fingerprint density at radius 2 is 1.66 bits per heavy atom. The smallest absolute Gasteiger partial charge is 0.206 e. The van der Waals surface area contributed by atoms with E-state index in [1.54, 1.807) is 0 Å². The van der Waals surface area contributed by atoms with E-state index < -0.39 is 17.6 Å². The molecule has 0 N–H and O–H groups in total. The molecule has 0 saturated carbocycles. The first-order valence-corrected chi connectivity index (χ1v) is 10.5. The van der Waals surface area contributed by atoms with Crippen molar-refractivity contribution in [2.45, 2.75) is 63.5 Å². The molecule has 0 aromatic heterocycles. The standard InChI is InChI=1S/C25H26F4/c1-2-3-4-16-5-10-21-19(13-16)6-7-20-14-17(8-11-22(20)21)18-9-12-23(24(26)15-18)25(27,28)29/h2,6-7,9,12,15-17H,1,3-5,8,10-11,13-14H2/t16-,17-/m0/s1. The highest BCUT2D eigenvalue weighted by Gasteiger charge is 2.34. The lowest BCUT2D eigenvalue weighted by Crippen LogP contribution is -2.21. The average Bonchev–Trinajstić information content (AvgIpc) is 2.70. The van der Waals surface area contributed by atoms with Gasteiger partial charge in [0.15, 0.2) is 0 Å². The minimum atomic E-state index is -4.65. The van der Waals surface area contributed by atoms with Gasteiger partial charge in [0.1, 0.15) is 5.82 Å². The maximum atomic E-state index is 14.0. The second-order valence-corrected chi connectivity index (χ2v) is 8.49. The third kappa shape index (κ3) is 4.12. The van der Waals surface area contributed by atoms with Crippen molar-refractivity contribution >= 4 is 0 Å². The first kappa shape index (κ1) is 20.2. The summed E-state index contributed by atoms with van der Waals surface area (Å²) in [6.45, 7) is 3.82. The molecule has 4 heteroatoms. The van der Waals surface area contributed by atoms with E-state index in [9.17, 15) is 17.6 Å². The highest BCUT2D eigenvalue weighted by atomic mass is 19.4. The zero-order valence-electron chi connectivity index (χ0n) is 16.5. The normalized spacial score (nSPS) is 21.4. The van der Waals surface area contributed by atoms with E-state index in [0.29, 0.717) is 5.56 Å². The first-order chi connectivity index (χ1) is 13.9. The van der Waals surface area contributed by atoms with Crippen molar-refractivity contribution in [3.63, 3.8) is 0 Å². The van der Waals surface area contributed by atoms with Gasteiger partial charge >= 0.3 is 6.18 Å². The summed E-state index contributed by atoms with van der Waals surface area (Å²) in [6, 6.07) is 7.85. The fraction of sp³-hybridized carbons (Fsp3) is 0.440. The van der Waals surface area contributed by atoms with Gasteiger partial charge in [0.2, 0.25) is 0 Å². The number of allylic oxidation sites excluding steroid dienone is 1. The zero-order valence-corrected chi connectivity index (χ0v) is 16.5. The van der Waals surface area contributed by atoms with E-state index in [2.05, 4.69) is 18.7 Å². The molecular weight excluding hydrogens is 376 g/mol. The Morgan fingerprint density at radius 3 is 2.31 bits per heavy atom. The molecule has 0 unspecified atom stereocenters. The molecule has 154 valence electrons. The molecule has 2 aliphatic rings. The summed E-state index contributed by atoms with van der Waals surface area (Å²) >= 11 is 0. The number of fused-ring (bicyclic) bond motifs is 3. The van der Waals surface area contributed by atoms with Crippen LogP contribution in [0.2, 0.25) is 0 Å². The summed E-state index contributed by atoms with van der Waals surface area (Å²) in [4.78, 5) is 0. The topological polar surface area (TPSA) is 0 Å². The monoisotopic (exact) mass is 402 g/mol. The largest absolute Gasteiger partial charge is 0.419 e. The van der Waals surface area contributed by atoms with Crippen molar-refractivity contribution in [1.82, 2.24) is 0 Å². The van der Waals surface area contributed by atoms with Crippen molar-refractivity contribution in [2.24, 2.45) is 5.92 Å². The van der Waals surface area contributed by atoms with Crippen LogP contribution in [0.5, 0.6) is 0 Å². The molecule has 2 aromatic carbocycles. The molecule has 0 radical (unpaired) electrons. The van der Waals surface area contributed by atoms with E-state index in [4.69, 9.17) is 0 Å². The quantitative estimate of drug-likeness (QED) is 0.375. The van der Waals surface area contributed by atoms with E-state index >= 15 is 0 Å². The summed E-state index contributed by atoms with van der Waals surface area (Å²) in [5, 5.41) is 0. The van der Waals surface area contributed by atoms with Crippen molar-refractivity contribution in [3.05, 3.63) is 82.2 Å². The van der Waals surface area contributed by atoms with Crippen LogP contribution in [-0.2, 0) is 31.9 Å². The van der Waals surface area contributed by atoms with Crippen LogP contribution in [0.1, 0.15) is 65.0 Å². The summed E-state index contributed by atoms with van der Waals surface area (Å²) in [5.41, 5.74) is 5.16. The molecule has 2 aliphatic carbocycles. The number of rotatable bonds is 4. The maximum Gasteiger partial charge on any atom is 0.419 e. The SMILES string of the molecule is C=CCC[C@H]1CCc2c(ccc3c2CC[C@H](c2ccc(C(F)(F)F)c(F)c2)C3)C1. The average molecular weight is 402 g/mol. The Labute approximate surface area is 169 Å². The minimum Gasteiger partial charge on any atom is -0.206 e. The summed E-state index contributed by atoms with van der Waals surface area (Å²) in [6.07, 6.45) is 5.61. The van der Waals surface area contributed by atoms with E-state index in [0.717, 1.165) is 56.6 Å². The van der Waals surface area contributed by atoms with Crippen LogP contribution in [-0.4, -0.2) is 0 Å². The van der Waals surface area contributed by atoms with Crippen molar-refractivity contribution < 1.29 is 17.6 Å². The lowest BCUT2D eigenvalue weighted by molar-refractivity contribution is -0.140. The molecule has 4 rings (SSSR count). The molecule has 0 nitrogen and oxygen atoms in total. The lowest BCUT2D eigenvalue weighted by Gasteiger charge is -2.32. The summed E-state index contributed by atoms with van der Waals surface area (Å²) in [7, 11) is 0. The van der Waals surface area contributed by atoms with Gasteiger partial charge < -0.3 is 0 Å². The van der Waals surface area contributed by atoms with Gasteiger partial charge in [0.25, 0.3) is 0 Å². The Kier molecular flexibility index (Phi) is 5.54. The third-order valence-electron chi connectivity index (χ3n) is 6.69. The van der Waals surface area contributed by atoms with Crippen molar-refractivity contribution in [3.8, 4) is 0 Å². The van der Waals surface area contributed by atoms with Gasteiger partial charge in [0.05, 0.1) is 5.56 Å². The first-order valence-electron chi connectivity index (χ1n) is 10.5. The van der Waals surface area contributed by atoms with Gasteiger partial charge in [-0.3, -0.25) is 0 Å². The van der Waals surface area contributed by atoms with Crippen LogP contribution < -0.4 is 0 Å². The molecule has 0 spiro atoms. The van der Waals surface area contributed by atoms with Gasteiger partial charge in [-0.1, -0.05) is 24.3 Å². The molecule has 2 aromatic rings. The number of hydrogen-bond donors (Lipinski definition) is 0. The Morgan fingerprint density at radius 1 is 0.966 bits per heavy atom. The molecule has 2 atom stereocenters. The molecular formula is C25H26F4. The van der Waals surface area contributed by atoms with Crippen LogP contribution in [0.15, 0.2) is 43.0 Å². The van der Waals surface area contributed by atoms with Crippen LogP contribution >= 0.6 is 0 Å². The Hall–Kier alpha value is -2.10. The molecule has 0 saturated heterocycles. The summed E-state index contributed by atoms with van der Waals surface area (Å²) < 4.78 is 52.5. The lowest BCUT2D eigenvalue weighted by atomic mass is 9.73. The predicted molar refractivity (Wildman–Crippen MR) is 108 cm³/mol. The third-order valence-corrected chi connectivity index (χ3v) is 6.69. The molecule has 0 aliphatic heterocycles.